The summed E-state index contributed by atoms with van der Waals surface area (Å²) < 4.78 is 7.03. The molecule has 2 aliphatic heterocycles. The molecule has 0 aliphatic carbocycles. The lowest BCUT2D eigenvalue weighted by molar-refractivity contribution is -0.102. The normalized spacial score (nSPS) is 32.6. The van der Waals surface area contributed by atoms with E-state index in [4.69, 9.17) is 4.74 Å². The summed E-state index contributed by atoms with van der Waals surface area (Å²) in [6.07, 6.45) is 2.69. The molecule has 2 saturated heterocycles. The topological polar surface area (TPSA) is 29.5 Å². The second kappa shape index (κ2) is 5.76. The van der Waals surface area contributed by atoms with Crippen molar-refractivity contribution in [3.05, 3.63) is 34.3 Å². The fourth-order valence-corrected chi connectivity index (χ4v) is 5.06. The summed E-state index contributed by atoms with van der Waals surface area (Å²) in [6, 6.07) is 7.99. The van der Waals surface area contributed by atoms with Crippen molar-refractivity contribution in [2.45, 2.75) is 31.0 Å². The quantitative estimate of drug-likeness (QED) is 0.886. The van der Waals surface area contributed by atoms with Crippen LogP contribution in [0.15, 0.2) is 28.7 Å². The van der Waals surface area contributed by atoms with Gasteiger partial charge in [0.15, 0.2) is 0 Å². The van der Waals surface area contributed by atoms with Crippen molar-refractivity contribution in [1.29, 1.82) is 0 Å². The first kappa shape index (κ1) is 13.9. The highest BCUT2D eigenvalue weighted by Gasteiger charge is 2.42. The van der Waals surface area contributed by atoms with E-state index in [0.717, 1.165) is 41.7 Å². The zero-order chi connectivity index (χ0) is 13.3. The fourth-order valence-electron chi connectivity index (χ4n) is 3.17. The minimum atomic E-state index is -0.387. The monoisotopic (exact) mass is 342 g/mol. The molecule has 19 heavy (non-hydrogen) atoms. The second-order valence-electron chi connectivity index (χ2n) is 5.55. The molecule has 0 aromatic heterocycles. The summed E-state index contributed by atoms with van der Waals surface area (Å²) in [5.74, 6) is 2.59. The van der Waals surface area contributed by atoms with Crippen molar-refractivity contribution >= 4 is 27.7 Å². The van der Waals surface area contributed by atoms with Crippen molar-refractivity contribution in [3.63, 3.8) is 0 Å². The molecule has 3 rings (SSSR count). The van der Waals surface area contributed by atoms with Crippen LogP contribution in [0.2, 0.25) is 0 Å². The third-order valence-corrected chi connectivity index (χ3v) is 6.21. The van der Waals surface area contributed by atoms with Crippen LogP contribution in [0.3, 0.4) is 0 Å². The van der Waals surface area contributed by atoms with Crippen molar-refractivity contribution in [1.82, 2.24) is 0 Å². The predicted molar refractivity (Wildman–Crippen MR) is 82.5 cm³/mol. The first-order chi connectivity index (χ1) is 9.20. The van der Waals surface area contributed by atoms with Crippen LogP contribution >= 0.6 is 27.7 Å². The summed E-state index contributed by atoms with van der Waals surface area (Å²) in [6.45, 7) is 0.784. The van der Waals surface area contributed by atoms with Gasteiger partial charge in [0.05, 0.1) is 11.7 Å². The highest BCUT2D eigenvalue weighted by atomic mass is 79.9. The van der Waals surface area contributed by atoms with Gasteiger partial charge in [0.1, 0.15) is 0 Å². The van der Waals surface area contributed by atoms with E-state index < -0.39 is 0 Å². The van der Waals surface area contributed by atoms with Gasteiger partial charge < -0.3 is 9.84 Å². The lowest BCUT2D eigenvalue weighted by Gasteiger charge is -2.39. The van der Waals surface area contributed by atoms with Gasteiger partial charge in [-0.1, -0.05) is 34.1 Å². The Hall–Kier alpha value is -0.0300. The van der Waals surface area contributed by atoms with E-state index in [1.54, 1.807) is 0 Å². The Bertz CT molecular complexity index is 446. The Labute approximate surface area is 127 Å². The van der Waals surface area contributed by atoms with E-state index in [0.29, 0.717) is 5.92 Å². The standard InChI is InChI=1S/C15H19BrO2S/c16-13-4-2-1-3-12(13)14(17)11-5-7-18-15(9-11)6-8-19-10-15/h1-4,11,14,17H,5-10H2. The molecule has 2 aliphatic rings. The highest BCUT2D eigenvalue weighted by Crippen LogP contribution is 2.44. The molecule has 2 fully saturated rings. The third-order valence-electron chi connectivity index (χ3n) is 4.27. The zero-order valence-electron chi connectivity index (χ0n) is 10.8. The van der Waals surface area contributed by atoms with E-state index in [1.165, 1.54) is 5.75 Å². The lowest BCUT2D eigenvalue weighted by Crippen LogP contribution is -2.41. The fraction of sp³-hybridized carbons (Fsp3) is 0.600. The minimum absolute atomic E-state index is 0.0375. The number of hydrogen-bond donors (Lipinski definition) is 1. The number of ether oxygens (including phenoxy) is 1. The van der Waals surface area contributed by atoms with Gasteiger partial charge in [-0.3, -0.25) is 0 Å². The Morgan fingerprint density at radius 3 is 3.00 bits per heavy atom. The highest BCUT2D eigenvalue weighted by molar-refractivity contribution is 9.10. The summed E-state index contributed by atoms with van der Waals surface area (Å²) in [5.41, 5.74) is 1.05. The molecule has 4 heteroatoms. The second-order valence-corrected chi connectivity index (χ2v) is 7.51. The van der Waals surface area contributed by atoms with Crippen molar-refractivity contribution < 1.29 is 9.84 Å². The van der Waals surface area contributed by atoms with Crippen molar-refractivity contribution in [2.24, 2.45) is 5.92 Å². The molecule has 1 N–H and O–H groups in total. The van der Waals surface area contributed by atoms with Crippen LogP contribution in [0.5, 0.6) is 0 Å². The molecule has 1 spiro atoms. The van der Waals surface area contributed by atoms with E-state index in [2.05, 4.69) is 15.9 Å². The molecule has 0 bridgehead atoms. The SMILES string of the molecule is OC(c1ccccc1Br)C1CCOC2(CCSC2)C1. The molecule has 1 aromatic rings. The van der Waals surface area contributed by atoms with Gasteiger partial charge in [-0.25, -0.2) is 0 Å². The molecule has 0 amide bonds. The molecular formula is C15H19BrO2S. The Balaban J connectivity index is 1.76. The molecule has 0 radical (unpaired) electrons. The Morgan fingerprint density at radius 1 is 1.42 bits per heavy atom. The molecule has 0 saturated carbocycles. The predicted octanol–water partition coefficient (Wildman–Crippen LogP) is 3.78. The number of halogens is 1. The summed E-state index contributed by atoms with van der Waals surface area (Å²) in [4.78, 5) is 0. The molecule has 3 atom stereocenters. The molecule has 3 unspecified atom stereocenters. The Morgan fingerprint density at radius 2 is 2.26 bits per heavy atom. The van der Waals surface area contributed by atoms with Crippen LogP contribution in [-0.4, -0.2) is 28.8 Å². The number of aliphatic hydroxyl groups is 1. The summed E-state index contributed by atoms with van der Waals surface area (Å²) in [7, 11) is 0. The van der Waals surface area contributed by atoms with E-state index >= 15 is 0 Å². The first-order valence-corrected chi connectivity index (χ1v) is 8.79. The van der Waals surface area contributed by atoms with Crippen LogP contribution in [0.4, 0.5) is 0 Å². The molecule has 2 nitrogen and oxygen atoms in total. The van der Waals surface area contributed by atoms with Crippen LogP contribution in [0.1, 0.15) is 30.9 Å². The average Bonchev–Trinajstić information content (AvgIpc) is 2.86. The maximum Gasteiger partial charge on any atom is 0.0831 e. The lowest BCUT2D eigenvalue weighted by atomic mass is 9.80. The van der Waals surface area contributed by atoms with Gasteiger partial charge >= 0.3 is 0 Å². The van der Waals surface area contributed by atoms with E-state index in [-0.39, 0.29) is 11.7 Å². The Kier molecular flexibility index (Phi) is 4.22. The zero-order valence-corrected chi connectivity index (χ0v) is 13.3. The number of benzene rings is 1. The maximum atomic E-state index is 10.7. The number of aliphatic hydroxyl groups excluding tert-OH is 1. The van der Waals surface area contributed by atoms with Gasteiger partial charge in [-0.05, 0) is 42.6 Å². The van der Waals surface area contributed by atoms with Gasteiger partial charge in [-0.15, -0.1) is 0 Å². The number of rotatable bonds is 2. The van der Waals surface area contributed by atoms with Crippen molar-refractivity contribution in [3.8, 4) is 0 Å². The molecular weight excluding hydrogens is 324 g/mol. The molecule has 1 aromatic carbocycles. The van der Waals surface area contributed by atoms with Gasteiger partial charge in [0.25, 0.3) is 0 Å². The first-order valence-electron chi connectivity index (χ1n) is 6.84. The van der Waals surface area contributed by atoms with E-state index in [9.17, 15) is 5.11 Å². The van der Waals surface area contributed by atoms with Crippen molar-refractivity contribution in [2.75, 3.05) is 18.1 Å². The van der Waals surface area contributed by atoms with Crippen LogP contribution < -0.4 is 0 Å². The summed E-state index contributed by atoms with van der Waals surface area (Å²) >= 11 is 5.52. The maximum absolute atomic E-state index is 10.7. The number of hydrogen-bond acceptors (Lipinski definition) is 3. The van der Waals surface area contributed by atoms with Gasteiger partial charge in [-0.2, -0.15) is 11.8 Å². The summed E-state index contributed by atoms with van der Waals surface area (Å²) in [5, 5.41) is 10.7. The minimum Gasteiger partial charge on any atom is -0.388 e. The number of thioether (sulfide) groups is 1. The average molecular weight is 343 g/mol. The van der Waals surface area contributed by atoms with Gasteiger partial charge in [0, 0.05) is 16.8 Å². The third kappa shape index (κ3) is 2.87. The largest absolute Gasteiger partial charge is 0.388 e. The van der Waals surface area contributed by atoms with Crippen LogP contribution in [-0.2, 0) is 4.74 Å². The molecule has 104 valence electrons. The van der Waals surface area contributed by atoms with E-state index in [1.807, 2.05) is 36.0 Å². The van der Waals surface area contributed by atoms with Crippen LogP contribution in [0.25, 0.3) is 0 Å². The van der Waals surface area contributed by atoms with Crippen LogP contribution in [0, 0.1) is 5.92 Å². The van der Waals surface area contributed by atoms with Gasteiger partial charge in [0.2, 0.25) is 0 Å². The molecule has 2 heterocycles. The smallest absolute Gasteiger partial charge is 0.0831 e.